The van der Waals surface area contributed by atoms with Crippen molar-refractivity contribution in [1.82, 2.24) is 0 Å². The van der Waals surface area contributed by atoms with E-state index in [4.69, 9.17) is 5.73 Å². The fraction of sp³-hybridized carbons (Fsp3) is 0.600. The van der Waals surface area contributed by atoms with Gasteiger partial charge in [-0.3, -0.25) is 0 Å². The maximum absolute atomic E-state index is 6.43. The molecule has 0 heterocycles. The Morgan fingerprint density at radius 1 is 1.12 bits per heavy atom. The first-order chi connectivity index (χ1) is 7.50. The number of benzene rings is 1. The summed E-state index contributed by atoms with van der Waals surface area (Å²) < 4.78 is 0. The van der Waals surface area contributed by atoms with Gasteiger partial charge in [-0.05, 0) is 62.1 Å². The van der Waals surface area contributed by atoms with Crippen LogP contribution in [-0.2, 0) is 0 Å². The van der Waals surface area contributed by atoms with E-state index in [-0.39, 0.29) is 6.04 Å². The van der Waals surface area contributed by atoms with Gasteiger partial charge in [0.1, 0.15) is 0 Å². The first kappa shape index (κ1) is 11.7. The van der Waals surface area contributed by atoms with Crippen LogP contribution < -0.4 is 5.73 Å². The smallest absolute Gasteiger partial charge is 0.0328 e. The summed E-state index contributed by atoms with van der Waals surface area (Å²) in [4.78, 5) is 0. The molecule has 1 aliphatic rings. The Hall–Kier alpha value is -0.820. The molecule has 2 atom stereocenters. The van der Waals surface area contributed by atoms with E-state index in [0.717, 1.165) is 5.92 Å². The molecule has 2 N–H and O–H groups in total. The lowest BCUT2D eigenvalue weighted by molar-refractivity contribution is 0.415. The van der Waals surface area contributed by atoms with Gasteiger partial charge in [0.25, 0.3) is 0 Å². The van der Waals surface area contributed by atoms with E-state index in [1.54, 1.807) is 0 Å². The second-order valence-electron chi connectivity index (χ2n) is 5.53. The number of hydrogen-bond acceptors (Lipinski definition) is 1. The molecule has 0 amide bonds. The summed E-state index contributed by atoms with van der Waals surface area (Å²) in [6.45, 7) is 8.84. The summed E-state index contributed by atoms with van der Waals surface area (Å²) in [6.07, 6.45) is 2.75. The average molecular weight is 217 g/mol. The molecular formula is C15H23N. The largest absolute Gasteiger partial charge is 0.324 e. The highest BCUT2D eigenvalue weighted by atomic mass is 14.7. The molecule has 2 rings (SSSR count). The minimum Gasteiger partial charge on any atom is -0.324 e. The van der Waals surface area contributed by atoms with Crippen LogP contribution in [0.25, 0.3) is 0 Å². The lowest BCUT2D eigenvalue weighted by atomic mass is 9.86. The highest BCUT2D eigenvalue weighted by Gasteiger charge is 2.33. The average Bonchev–Trinajstić information content (AvgIpc) is 2.97. The van der Waals surface area contributed by atoms with E-state index in [2.05, 4.69) is 39.8 Å². The van der Waals surface area contributed by atoms with Gasteiger partial charge in [-0.2, -0.15) is 0 Å². The van der Waals surface area contributed by atoms with E-state index < -0.39 is 0 Å². The Balaban J connectivity index is 2.31. The first-order valence-electron chi connectivity index (χ1n) is 6.34. The molecule has 1 aliphatic carbocycles. The monoisotopic (exact) mass is 217 g/mol. The molecule has 0 radical (unpaired) electrons. The van der Waals surface area contributed by atoms with Crippen LogP contribution in [0.1, 0.15) is 48.1 Å². The molecule has 0 spiro atoms. The highest BCUT2D eigenvalue weighted by Crippen LogP contribution is 2.42. The van der Waals surface area contributed by atoms with Crippen LogP contribution in [0.2, 0.25) is 0 Å². The van der Waals surface area contributed by atoms with Crippen molar-refractivity contribution in [2.75, 3.05) is 0 Å². The van der Waals surface area contributed by atoms with Gasteiger partial charge >= 0.3 is 0 Å². The van der Waals surface area contributed by atoms with Gasteiger partial charge in [-0.15, -0.1) is 0 Å². The van der Waals surface area contributed by atoms with Crippen molar-refractivity contribution < 1.29 is 0 Å². The van der Waals surface area contributed by atoms with Crippen molar-refractivity contribution in [3.05, 3.63) is 34.4 Å². The zero-order valence-corrected chi connectivity index (χ0v) is 10.9. The third kappa shape index (κ3) is 2.15. The predicted molar refractivity (Wildman–Crippen MR) is 69.5 cm³/mol. The van der Waals surface area contributed by atoms with Gasteiger partial charge in [0.2, 0.25) is 0 Å². The van der Waals surface area contributed by atoms with Crippen LogP contribution in [-0.4, -0.2) is 0 Å². The van der Waals surface area contributed by atoms with Crippen LogP contribution in [0.3, 0.4) is 0 Å². The Morgan fingerprint density at radius 2 is 1.62 bits per heavy atom. The molecule has 1 nitrogen and oxygen atoms in total. The van der Waals surface area contributed by atoms with Crippen molar-refractivity contribution >= 4 is 0 Å². The molecule has 0 aliphatic heterocycles. The van der Waals surface area contributed by atoms with Crippen molar-refractivity contribution in [1.29, 1.82) is 0 Å². The summed E-state index contributed by atoms with van der Waals surface area (Å²) in [5.41, 5.74) is 11.9. The lowest BCUT2D eigenvalue weighted by Crippen LogP contribution is -2.22. The summed E-state index contributed by atoms with van der Waals surface area (Å²) >= 11 is 0. The molecule has 1 saturated carbocycles. The quantitative estimate of drug-likeness (QED) is 0.821. The standard InChI is InChI=1S/C15H23N/c1-9-7-10(2)14(11(3)8-9)15(16)12(4)13-5-6-13/h7-8,12-13,15H,5-6,16H2,1-4H3. The normalized spacial score (nSPS) is 19.6. The van der Waals surface area contributed by atoms with Crippen molar-refractivity contribution in [3.8, 4) is 0 Å². The minimum atomic E-state index is 0.216. The Labute approximate surface area is 99.0 Å². The molecule has 1 fully saturated rings. The molecule has 2 unspecified atom stereocenters. The van der Waals surface area contributed by atoms with Crippen molar-refractivity contribution in [3.63, 3.8) is 0 Å². The number of hydrogen-bond donors (Lipinski definition) is 1. The molecule has 1 aromatic carbocycles. The van der Waals surface area contributed by atoms with Gasteiger partial charge in [-0.25, -0.2) is 0 Å². The van der Waals surface area contributed by atoms with E-state index in [0.29, 0.717) is 5.92 Å². The third-order valence-electron chi connectivity index (χ3n) is 4.00. The summed E-state index contributed by atoms with van der Waals surface area (Å²) in [5.74, 6) is 1.50. The Kier molecular flexibility index (Phi) is 3.07. The molecule has 0 aromatic heterocycles. The molecular weight excluding hydrogens is 194 g/mol. The minimum absolute atomic E-state index is 0.216. The van der Waals surface area contributed by atoms with E-state index >= 15 is 0 Å². The SMILES string of the molecule is Cc1cc(C)c(C(N)C(C)C2CC2)c(C)c1. The van der Waals surface area contributed by atoms with E-state index in [1.165, 1.54) is 35.1 Å². The van der Waals surface area contributed by atoms with Crippen LogP contribution in [0.15, 0.2) is 12.1 Å². The van der Waals surface area contributed by atoms with Gasteiger partial charge in [0.05, 0.1) is 0 Å². The maximum Gasteiger partial charge on any atom is 0.0328 e. The van der Waals surface area contributed by atoms with Gasteiger partial charge in [0.15, 0.2) is 0 Å². The zero-order valence-electron chi connectivity index (χ0n) is 10.9. The van der Waals surface area contributed by atoms with Crippen LogP contribution in [0.4, 0.5) is 0 Å². The summed E-state index contributed by atoms with van der Waals surface area (Å²) in [6, 6.07) is 4.72. The number of rotatable bonds is 3. The van der Waals surface area contributed by atoms with Crippen LogP contribution in [0.5, 0.6) is 0 Å². The van der Waals surface area contributed by atoms with E-state index in [1.807, 2.05) is 0 Å². The van der Waals surface area contributed by atoms with Crippen LogP contribution >= 0.6 is 0 Å². The number of aryl methyl sites for hydroxylation is 3. The lowest BCUT2D eigenvalue weighted by Gasteiger charge is -2.24. The zero-order chi connectivity index (χ0) is 11.9. The van der Waals surface area contributed by atoms with Crippen molar-refractivity contribution in [2.45, 2.75) is 46.6 Å². The topological polar surface area (TPSA) is 26.0 Å². The fourth-order valence-corrected chi connectivity index (χ4v) is 2.90. The second-order valence-corrected chi connectivity index (χ2v) is 5.53. The molecule has 1 aromatic rings. The molecule has 16 heavy (non-hydrogen) atoms. The van der Waals surface area contributed by atoms with Gasteiger partial charge in [-0.1, -0.05) is 24.6 Å². The second kappa shape index (κ2) is 4.21. The van der Waals surface area contributed by atoms with E-state index in [9.17, 15) is 0 Å². The summed E-state index contributed by atoms with van der Waals surface area (Å²) in [7, 11) is 0. The molecule has 1 heteroatoms. The predicted octanol–water partition coefficient (Wildman–Crippen LogP) is 3.66. The summed E-state index contributed by atoms with van der Waals surface area (Å²) in [5, 5.41) is 0. The highest BCUT2D eigenvalue weighted by molar-refractivity contribution is 5.39. The van der Waals surface area contributed by atoms with Gasteiger partial charge in [0, 0.05) is 6.04 Å². The third-order valence-corrected chi connectivity index (χ3v) is 4.00. The molecule has 0 saturated heterocycles. The van der Waals surface area contributed by atoms with Gasteiger partial charge < -0.3 is 5.73 Å². The van der Waals surface area contributed by atoms with Crippen molar-refractivity contribution in [2.24, 2.45) is 17.6 Å². The Bertz CT molecular complexity index is 367. The Morgan fingerprint density at radius 3 is 2.06 bits per heavy atom. The maximum atomic E-state index is 6.43. The number of nitrogens with two attached hydrogens (primary N) is 1. The van der Waals surface area contributed by atoms with Crippen LogP contribution in [0, 0.1) is 32.6 Å². The fourth-order valence-electron chi connectivity index (χ4n) is 2.90. The molecule has 88 valence electrons. The molecule has 0 bridgehead atoms. The first-order valence-corrected chi connectivity index (χ1v) is 6.34.